The third kappa shape index (κ3) is 2.61. The van der Waals surface area contributed by atoms with Crippen LogP contribution in [0, 0.1) is 5.92 Å². The molecule has 0 aliphatic carbocycles. The first-order chi connectivity index (χ1) is 7.52. The van der Waals surface area contributed by atoms with Gasteiger partial charge in [-0.2, -0.15) is 0 Å². The largest absolute Gasteiger partial charge is 0.495 e. The van der Waals surface area contributed by atoms with Gasteiger partial charge in [0, 0.05) is 6.04 Å². The van der Waals surface area contributed by atoms with Crippen molar-refractivity contribution >= 4 is 23.2 Å². The van der Waals surface area contributed by atoms with Gasteiger partial charge in [-0.1, -0.05) is 36.2 Å². The molecule has 16 heavy (non-hydrogen) atoms. The minimum atomic E-state index is -0.221. The van der Waals surface area contributed by atoms with Crippen LogP contribution < -0.4 is 16.2 Å². The van der Waals surface area contributed by atoms with Crippen LogP contribution in [-0.2, 0) is 0 Å². The van der Waals surface area contributed by atoms with Crippen LogP contribution in [0.25, 0.3) is 0 Å². The molecule has 0 aromatic heterocycles. The number of nitrogens with two attached hydrogens (primary N) is 2. The van der Waals surface area contributed by atoms with E-state index in [1.165, 1.54) is 0 Å². The van der Waals surface area contributed by atoms with Crippen molar-refractivity contribution in [2.24, 2.45) is 17.4 Å². The van der Waals surface area contributed by atoms with Crippen molar-refractivity contribution in [2.45, 2.75) is 13.0 Å². The molecule has 0 saturated carbocycles. The predicted molar refractivity (Wildman–Crippen MR) is 68.2 cm³/mol. The zero-order valence-corrected chi connectivity index (χ0v) is 10.8. The molecular weight excluding hydrogens is 247 g/mol. The van der Waals surface area contributed by atoms with Crippen LogP contribution in [0.15, 0.2) is 12.1 Å². The summed E-state index contributed by atoms with van der Waals surface area (Å²) in [6.45, 7) is 2.47. The van der Waals surface area contributed by atoms with E-state index in [0.29, 0.717) is 22.3 Å². The molecule has 1 rings (SSSR count). The van der Waals surface area contributed by atoms with E-state index in [0.717, 1.165) is 5.56 Å². The molecule has 4 N–H and O–H groups in total. The third-order valence-electron chi connectivity index (χ3n) is 2.64. The van der Waals surface area contributed by atoms with E-state index >= 15 is 0 Å². The summed E-state index contributed by atoms with van der Waals surface area (Å²) in [6, 6.07) is 3.36. The summed E-state index contributed by atoms with van der Waals surface area (Å²) < 4.78 is 5.07. The summed E-state index contributed by atoms with van der Waals surface area (Å²) in [4.78, 5) is 0. The monoisotopic (exact) mass is 262 g/mol. The van der Waals surface area contributed by atoms with E-state index in [4.69, 9.17) is 39.4 Å². The van der Waals surface area contributed by atoms with Gasteiger partial charge in [-0.3, -0.25) is 0 Å². The number of ether oxygens (including phenoxy) is 1. The first-order valence-corrected chi connectivity index (χ1v) is 5.76. The molecule has 0 saturated heterocycles. The number of rotatable bonds is 4. The quantitative estimate of drug-likeness (QED) is 0.877. The molecule has 0 bridgehead atoms. The van der Waals surface area contributed by atoms with Crippen molar-refractivity contribution < 1.29 is 4.74 Å². The number of halogens is 2. The van der Waals surface area contributed by atoms with Crippen molar-refractivity contribution in [2.75, 3.05) is 13.7 Å². The maximum atomic E-state index is 6.14. The van der Waals surface area contributed by atoms with Crippen molar-refractivity contribution in [3.05, 3.63) is 27.7 Å². The molecule has 2 atom stereocenters. The first kappa shape index (κ1) is 13.6. The number of benzene rings is 1. The van der Waals surface area contributed by atoms with E-state index in [9.17, 15) is 0 Å². The van der Waals surface area contributed by atoms with Crippen molar-refractivity contribution in [1.29, 1.82) is 0 Å². The summed E-state index contributed by atoms with van der Waals surface area (Å²) in [5.74, 6) is 0.685. The Morgan fingerprint density at radius 3 is 2.44 bits per heavy atom. The van der Waals surface area contributed by atoms with Gasteiger partial charge in [-0.05, 0) is 24.1 Å². The van der Waals surface area contributed by atoms with E-state index in [2.05, 4.69) is 0 Å². The fourth-order valence-corrected chi connectivity index (χ4v) is 1.95. The fraction of sp³-hybridized carbons (Fsp3) is 0.455. The molecule has 5 heteroatoms. The van der Waals surface area contributed by atoms with Gasteiger partial charge in [-0.25, -0.2) is 0 Å². The summed E-state index contributed by atoms with van der Waals surface area (Å²) in [7, 11) is 1.54. The molecule has 0 aliphatic rings. The van der Waals surface area contributed by atoms with E-state index in [1.54, 1.807) is 13.2 Å². The zero-order chi connectivity index (χ0) is 12.3. The average molecular weight is 263 g/mol. The Bertz CT molecular complexity index is 371. The number of hydrogen-bond acceptors (Lipinski definition) is 3. The van der Waals surface area contributed by atoms with E-state index in [-0.39, 0.29) is 12.0 Å². The van der Waals surface area contributed by atoms with Crippen molar-refractivity contribution in [3.63, 3.8) is 0 Å². The molecule has 1 aromatic rings. The Labute approximate surface area is 106 Å². The molecule has 1 aromatic carbocycles. The van der Waals surface area contributed by atoms with Gasteiger partial charge in [0.1, 0.15) is 10.8 Å². The Morgan fingerprint density at radius 1 is 1.31 bits per heavy atom. The molecule has 0 amide bonds. The van der Waals surface area contributed by atoms with E-state index in [1.807, 2.05) is 13.0 Å². The predicted octanol–water partition coefficient (Wildman–Crippen LogP) is 2.60. The fourth-order valence-electron chi connectivity index (χ4n) is 1.41. The second-order valence-electron chi connectivity index (χ2n) is 3.72. The minimum Gasteiger partial charge on any atom is -0.495 e. The second kappa shape index (κ2) is 5.73. The molecule has 3 nitrogen and oxygen atoms in total. The SMILES string of the molecule is COc1ccc(C(N)C(C)CN)c(Cl)c1Cl. The molecule has 0 fully saturated rings. The molecule has 0 radical (unpaired) electrons. The van der Waals surface area contributed by atoms with Crippen LogP contribution >= 0.6 is 23.2 Å². The lowest BCUT2D eigenvalue weighted by Gasteiger charge is -2.20. The highest BCUT2D eigenvalue weighted by atomic mass is 35.5. The lowest BCUT2D eigenvalue weighted by Crippen LogP contribution is -2.25. The lowest BCUT2D eigenvalue weighted by molar-refractivity contribution is 0.414. The highest BCUT2D eigenvalue weighted by Gasteiger charge is 2.19. The molecule has 0 heterocycles. The summed E-state index contributed by atoms with van der Waals surface area (Å²) >= 11 is 12.2. The van der Waals surface area contributed by atoms with Gasteiger partial charge in [0.25, 0.3) is 0 Å². The number of methoxy groups -OCH3 is 1. The second-order valence-corrected chi connectivity index (χ2v) is 4.48. The Morgan fingerprint density at radius 2 is 1.94 bits per heavy atom. The van der Waals surface area contributed by atoms with Gasteiger partial charge >= 0.3 is 0 Å². The van der Waals surface area contributed by atoms with Gasteiger partial charge < -0.3 is 16.2 Å². The van der Waals surface area contributed by atoms with E-state index < -0.39 is 0 Å². The van der Waals surface area contributed by atoms with Crippen LogP contribution in [0.2, 0.25) is 10.0 Å². The van der Waals surface area contributed by atoms with Crippen LogP contribution in [0.1, 0.15) is 18.5 Å². The normalized spacial score (nSPS) is 14.6. The minimum absolute atomic E-state index is 0.141. The topological polar surface area (TPSA) is 61.3 Å². The average Bonchev–Trinajstić information content (AvgIpc) is 2.30. The van der Waals surface area contributed by atoms with Gasteiger partial charge in [0.15, 0.2) is 0 Å². The van der Waals surface area contributed by atoms with Gasteiger partial charge in [0.05, 0.1) is 12.1 Å². The Hall–Kier alpha value is -0.480. The standard InChI is InChI=1S/C11H16Cl2N2O/c1-6(5-14)11(15)7-3-4-8(16-2)10(13)9(7)12/h3-4,6,11H,5,14-15H2,1-2H3. The summed E-state index contributed by atoms with van der Waals surface area (Å²) in [5, 5.41) is 0.829. The molecule has 0 aliphatic heterocycles. The van der Waals surface area contributed by atoms with Gasteiger partial charge in [0.2, 0.25) is 0 Å². The lowest BCUT2D eigenvalue weighted by atomic mass is 9.95. The Balaban J connectivity index is 3.11. The molecular formula is C11H16Cl2N2O. The van der Waals surface area contributed by atoms with Gasteiger partial charge in [-0.15, -0.1) is 0 Å². The molecule has 0 spiro atoms. The van der Waals surface area contributed by atoms with Crippen LogP contribution in [0.3, 0.4) is 0 Å². The maximum Gasteiger partial charge on any atom is 0.139 e. The zero-order valence-electron chi connectivity index (χ0n) is 9.34. The summed E-state index contributed by atoms with van der Waals surface area (Å²) in [6.07, 6.45) is 0. The van der Waals surface area contributed by atoms with Crippen LogP contribution in [0.4, 0.5) is 0 Å². The molecule has 90 valence electrons. The summed E-state index contributed by atoms with van der Waals surface area (Å²) in [5.41, 5.74) is 12.4. The highest BCUT2D eigenvalue weighted by Crippen LogP contribution is 2.37. The Kier molecular flexibility index (Phi) is 4.87. The molecule has 2 unspecified atom stereocenters. The van der Waals surface area contributed by atoms with Crippen LogP contribution in [0.5, 0.6) is 5.75 Å². The first-order valence-electron chi connectivity index (χ1n) is 5.00. The maximum absolute atomic E-state index is 6.14. The van der Waals surface area contributed by atoms with Crippen molar-refractivity contribution in [3.8, 4) is 5.75 Å². The van der Waals surface area contributed by atoms with Crippen molar-refractivity contribution in [1.82, 2.24) is 0 Å². The number of hydrogen-bond donors (Lipinski definition) is 2. The third-order valence-corrected chi connectivity index (χ3v) is 3.52. The van der Waals surface area contributed by atoms with Crippen LogP contribution in [-0.4, -0.2) is 13.7 Å². The smallest absolute Gasteiger partial charge is 0.139 e. The highest BCUT2D eigenvalue weighted by molar-refractivity contribution is 6.43.